The van der Waals surface area contributed by atoms with Gasteiger partial charge in [-0.15, -0.1) is 0 Å². The summed E-state index contributed by atoms with van der Waals surface area (Å²) in [5.41, 5.74) is 5.46. The van der Waals surface area contributed by atoms with Crippen LogP contribution in [0.2, 0.25) is 0 Å². The predicted molar refractivity (Wildman–Crippen MR) is 33.8 cm³/mol. The molecular formula is C5H11N3O. The fraction of sp³-hybridized carbons (Fsp3) is 0.800. The van der Waals surface area contributed by atoms with Crippen LogP contribution in [-0.4, -0.2) is 31.6 Å². The van der Waals surface area contributed by atoms with Crippen LogP contribution in [0.5, 0.6) is 0 Å². The number of carbonyl (C=O) groups is 1. The monoisotopic (exact) mass is 129 g/mol. The van der Waals surface area contributed by atoms with Crippen molar-refractivity contribution in [2.75, 3.05) is 13.1 Å². The lowest BCUT2D eigenvalue weighted by Crippen LogP contribution is -2.58. The number of hydrogen-bond donors (Lipinski definition) is 3. The van der Waals surface area contributed by atoms with E-state index in [9.17, 15) is 4.79 Å². The molecule has 4 heteroatoms. The predicted octanol–water partition coefficient (Wildman–Crippen LogP) is -1.97. The average Bonchev–Trinajstić information content (AvgIpc) is 1.90. The maximum atomic E-state index is 10.1. The molecule has 0 aromatic rings. The van der Waals surface area contributed by atoms with E-state index in [1.54, 1.807) is 0 Å². The number of nitrogens with two attached hydrogens (primary N) is 1. The summed E-state index contributed by atoms with van der Waals surface area (Å²) in [7, 11) is 0. The quantitative estimate of drug-likeness (QED) is 0.359. The van der Waals surface area contributed by atoms with Crippen molar-refractivity contribution < 1.29 is 4.79 Å². The van der Waals surface area contributed by atoms with Crippen molar-refractivity contribution in [1.82, 2.24) is 10.6 Å². The number of nitrogens with one attached hydrogen (secondary N) is 2. The van der Waals surface area contributed by atoms with Gasteiger partial charge in [0.2, 0.25) is 0 Å². The average molecular weight is 129 g/mol. The van der Waals surface area contributed by atoms with Crippen LogP contribution < -0.4 is 16.4 Å². The third kappa shape index (κ3) is 1.74. The van der Waals surface area contributed by atoms with Crippen LogP contribution in [0.25, 0.3) is 0 Å². The first-order valence-electron chi connectivity index (χ1n) is 3.00. The summed E-state index contributed by atoms with van der Waals surface area (Å²) >= 11 is 0. The Kier molecular flexibility index (Phi) is 2.16. The van der Waals surface area contributed by atoms with E-state index < -0.39 is 0 Å². The Bertz CT molecular complexity index is 98.4. The highest BCUT2D eigenvalue weighted by Gasteiger charge is 2.14. The van der Waals surface area contributed by atoms with E-state index in [1.165, 1.54) is 0 Å². The molecule has 52 valence electrons. The number of aldehydes is 1. The molecule has 2 atom stereocenters. The second-order valence-electron chi connectivity index (χ2n) is 2.17. The number of piperazine rings is 1. The topological polar surface area (TPSA) is 67.1 Å². The Balaban J connectivity index is 2.26. The van der Waals surface area contributed by atoms with Crippen LogP contribution in [-0.2, 0) is 4.79 Å². The van der Waals surface area contributed by atoms with E-state index in [4.69, 9.17) is 5.73 Å². The third-order valence-electron chi connectivity index (χ3n) is 1.36. The molecule has 4 N–H and O–H groups in total. The minimum absolute atomic E-state index is 0.00111. The van der Waals surface area contributed by atoms with E-state index in [1.807, 2.05) is 0 Å². The van der Waals surface area contributed by atoms with Crippen molar-refractivity contribution in [3.8, 4) is 0 Å². The highest BCUT2D eigenvalue weighted by molar-refractivity contribution is 5.58. The van der Waals surface area contributed by atoms with Gasteiger partial charge in [0.1, 0.15) is 6.29 Å². The molecule has 0 spiro atoms. The van der Waals surface area contributed by atoms with Crippen molar-refractivity contribution in [2.45, 2.75) is 12.2 Å². The fourth-order valence-corrected chi connectivity index (χ4v) is 0.797. The van der Waals surface area contributed by atoms with Crippen molar-refractivity contribution in [1.29, 1.82) is 0 Å². The maximum absolute atomic E-state index is 10.1. The van der Waals surface area contributed by atoms with Crippen molar-refractivity contribution in [2.24, 2.45) is 5.73 Å². The Hall–Kier alpha value is -0.450. The molecule has 1 aliphatic rings. The van der Waals surface area contributed by atoms with Gasteiger partial charge < -0.3 is 15.8 Å². The first-order chi connectivity index (χ1) is 4.33. The number of hydrogen-bond acceptors (Lipinski definition) is 4. The van der Waals surface area contributed by atoms with Gasteiger partial charge in [-0.2, -0.15) is 0 Å². The molecule has 9 heavy (non-hydrogen) atoms. The molecule has 2 unspecified atom stereocenters. The van der Waals surface area contributed by atoms with Crippen molar-refractivity contribution >= 4 is 6.29 Å². The van der Waals surface area contributed by atoms with E-state index in [2.05, 4.69) is 10.6 Å². The molecule has 1 aliphatic heterocycles. The molecule has 0 aromatic heterocycles. The molecule has 0 saturated carbocycles. The fourth-order valence-electron chi connectivity index (χ4n) is 0.797. The Morgan fingerprint density at radius 1 is 1.44 bits per heavy atom. The smallest absolute Gasteiger partial charge is 0.138 e. The summed E-state index contributed by atoms with van der Waals surface area (Å²) < 4.78 is 0. The lowest BCUT2D eigenvalue weighted by Gasteiger charge is -2.24. The van der Waals surface area contributed by atoms with E-state index in [0.29, 0.717) is 13.1 Å². The molecule has 0 amide bonds. The summed E-state index contributed by atoms with van der Waals surface area (Å²) in [6, 6.07) is -0.0511. The molecule has 1 saturated heterocycles. The third-order valence-corrected chi connectivity index (χ3v) is 1.36. The van der Waals surface area contributed by atoms with Gasteiger partial charge in [0.15, 0.2) is 0 Å². The normalized spacial score (nSPS) is 36.1. The van der Waals surface area contributed by atoms with Gasteiger partial charge in [-0.1, -0.05) is 0 Å². The van der Waals surface area contributed by atoms with Crippen molar-refractivity contribution in [3.63, 3.8) is 0 Å². The molecule has 4 nitrogen and oxygen atoms in total. The van der Waals surface area contributed by atoms with Crippen LogP contribution >= 0.6 is 0 Å². The largest absolute Gasteiger partial charge is 0.315 e. The van der Waals surface area contributed by atoms with Gasteiger partial charge in [0.05, 0.1) is 12.2 Å². The molecule has 0 aromatic carbocycles. The molecule has 0 radical (unpaired) electrons. The number of carbonyl (C=O) groups excluding carboxylic acids is 1. The molecule has 0 bridgehead atoms. The maximum Gasteiger partial charge on any atom is 0.138 e. The highest BCUT2D eigenvalue weighted by Crippen LogP contribution is 1.83. The Morgan fingerprint density at radius 3 is 2.67 bits per heavy atom. The summed E-state index contributed by atoms with van der Waals surface area (Å²) in [6.07, 6.45) is 0.889. The van der Waals surface area contributed by atoms with Gasteiger partial charge in [-0.25, -0.2) is 0 Å². The second kappa shape index (κ2) is 2.91. The second-order valence-corrected chi connectivity index (χ2v) is 2.17. The van der Waals surface area contributed by atoms with E-state index >= 15 is 0 Å². The van der Waals surface area contributed by atoms with Crippen LogP contribution in [0.4, 0.5) is 0 Å². The van der Waals surface area contributed by atoms with Crippen LogP contribution in [0.3, 0.4) is 0 Å². The van der Waals surface area contributed by atoms with Gasteiger partial charge in [0.25, 0.3) is 0 Å². The standard InChI is InChI=1S/C5H11N3O/c6-5-2-7-4(3-9)1-8-5/h3-5,7-8H,1-2,6H2. The van der Waals surface area contributed by atoms with Gasteiger partial charge in [-0.3, -0.25) is 5.32 Å². The minimum atomic E-state index is -0.0511. The summed E-state index contributed by atoms with van der Waals surface area (Å²) in [5, 5.41) is 5.93. The Morgan fingerprint density at radius 2 is 2.22 bits per heavy atom. The van der Waals surface area contributed by atoms with E-state index in [-0.39, 0.29) is 12.2 Å². The first-order valence-corrected chi connectivity index (χ1v) is 3.00. The number of rotatable bonds is 1. The minimum Gasteiger partial charge on any atom is -0.315 e. The summed E-state index contributed by atoms with van der Waals surface area (Å²) in [5.74, 6) is 0. The zero-order valence-electron chi connectivity index (χ0n) is 5.13. The lowest BCUT2D eigenvalue weighted by atomic mass is 10.2. The SMILES string of the molecule is NC1CNC(C=O)CN1. The molecule has 1 fully saturated rings. The molecular weight excluding hydrogens is 118 g/mol. The van der Waals surface area contributed by atoms with Gasteiger partial charge in [-0.05, 0) is 0 Å². The summed E-state index contributed by atoms with van der Waals surface area (Å²) in [6.45, 7) is 1.31. The zero-order chi connectivity index (χ0) is 6.69. The van der Waals surface area contributed by atoms with Crippen molar-refractivity contribution in [3.05, 3.63) is 0 Å². The van der Waals surface area contributed by atoms with Gasteiger partial charge >= 0.3 is 0 Å². The van der Waals surface area contributed by atoms with Crippen LogP contribution in [0.1, 0.15) is 0 Å². The van der Waals surface area contributed by atoms with Gasteiger partial charge in [0, 0.05) is 13.1 Å². The van der Waals surface area contributed by atoms with Crippen LogP contribution in [0.15, 0.2) is 0 Å². The Labute approximate surface area is 53.8 Å². The van der Waals surface area contributed by atoms with E-state index in [0.717, 1.165) is 6.29 Å². The molecule has 1 heterocycles. The lowest BCUT2D eigenvalue weighted by molar-refractivity contribution is -0.109. The first kappa shape index (κ1) is 6.67. The molecule has 1 rings (SSSR count). The zero-order valence-corrected chi connectivity index (χ0v) is 5.13. The molecule has 0 aliphatic carbocycles. The highest BCUT2D eigenvalue weighted by atomic mass is 16.1. The van der Waals surface area contributed by atoms with Crippen LogP contribution in [0, 0.1) is 0 Å². The summed E-state index contributed by atoms with van der Waals surface area (Å²) in [4.78, 5) is 10.1.